The molecule has 0 unspecified atom stereocenters. The van der Waals surface area contributed by atoms with E-state index in [1.807, 2.05) is 12.1 Å². The van der Waals surface area contributed by atoms with E-state index in [-0.39, 0.29) is 0 Å². The summed E-state index contributed by atoms with van der Waals surface area (Å²) in [5, 5.41) is 9.86. The van der Waals surface area contributed by atoms with Crippen LogP contribution in [0.3, 0.4) is 0 Å². The molecule has 0 saturated carbocycles. The molecule has 0 saturated heterocycles. The average molecular weight is 814 g/mol. The number of hydrogen-bond acceptors (Lipinski definition) is 2. The van der Waals surface area contributed by atoms with E-state index in [1.54, 1.807) is 0 Å². The van der Waals surface area contributed by atoms with Crippen molar-refractivity contribution >= 4 is 71.3 Å². The third-order valence-corrected chi connectivity index (χ3v) is 14.4. The molecule has 11 aromatic carbocycles. The monoisotopic (exact) mass is 813 g/mol. The second-order valence-electron chi connectivity index (χ2n) is 17.6. The lowest BCUT2D eigenvalue weighted by atomic mass is 9.70. The molecule has 1 aromatic heterocycles. The maximum atomic E-state index is 6.22. The van der Waals surface area contributed by atoms with Crippen molar-refractivity contribution in [3.63, 3.8) is 0 Å². The first-order valence-electron chi connectivity index (χ1n) is 22.2. The van der Waals surface area contributed by atoms with Crippen LogP contribution in [0.5, 0.6) is 0 Å². The lowest BCUT2D eigenvalue weighted by Gasteiger charge is -2.32. The Morgan fingerprint density at radius 1 is 0.312 bits per heavy atom. The number of anilines is 3. The summed E-state index contributed by atoms with van der Waals surface area (Å²) in [5.41, 5.74) is 18.9. The van der Waals surface area contributed by atoms with Gasteiger partial charge in [0.25, 0.3) is 0 Å². The summed E-state index contributed by atoms with van der Waals surface area (Å²) < 4.78 is 6.22. The Labute approximate surface area is 370 Å². The molecule has 0 fully saturated rings. The van der Waals surface area contributed by atoms with Crippen LogP contribution in [-0.4, -0.2) is 0 Å². The minimum Gasteiger partial charge on any atom is -0.456 e. The molecule has 64 heavy (non-hydrogen) atoms. The molecule has 2 aliphatic carbocycles. The van der Waals surface area contributed by atoms with Gasteiger partial charge in [-0.2, -0.15) is 0 Å². The van der Waals surface area contributed by atoms with Gasteiger partial charge in [-0.15, -0.1) is 0 Å². The summed E-state index contributed by atoms with van der Waals surface area (Å²) in [6.45, 7) is 2.25. The van der Waals surface area contributed by atoms with Gasteiger partial charge in [-0.25, -0.2) is 0 Å². The van der Waals surface area contributed by atoms with Gasteiger partial charge in [-0.1, -0.05) is 164 Å². The highest BCUT2D eigenvalue weighted by Gasteiger charge is 2.51. The molecule has 2 aliphatic rings. The molecule has 0 amide bonds. The maximum absolute atomic E-state index is 6.22. The molecule has 0 bridgehead atoms. The van der Waals surface area contributed by atoms with Crippen molar-refractivity contribution in [3.05, 3.63) is 246 Å². The summed E-state index contributed by atoms with van der Waals surface area (Å²) in [7, 11) is 0. The third-order valence-electron chi connectivity index (χ3n) is 14.4. The van der Waals surface area contributed by atoms with Crippen LogP contribution in [0.4, 0.5) is 17.1 Å². The molecule has 12 aromatic rings. The number of rotatable bonds is 4. The van der Waals surface area contributed by atoms with Crippen LogP contribution in [0, 0.1) is 6.92 Å². The zero-order valence-electron chi connectivity index (χ0n) is 35.1. The Balaban J connectivity index is 1.01. The number of para-hydroxylation sites is 1. The highest BCUT2D eigenvalue weighted by Crippen LogP contribution is 2.63. The summed E-state index contributed by atoms with van der Waals surface area (Å²) in [5.74, 6) is 0. The number of fused-ring (bicyclic) bond motifs is 19. The fourth-order valence-electron chi connectivity index (χ4n) is 11.7. The van der Waals surface area contributed by atoms with Crippen molar-refractivity contribution in [1.82, 2.24) is 0 Å². The van der Waals surface area contributed by atoms with Crippen LogP contribution in [0.1, 0.15) is 27.8 Å². The van der Waals surface area contributed by atoms with Crippen molar-refractivity contribution < 1.29 is 4.42 Å². The maximum Gasteiger partial charge on any atom is 0.135 e. The van der Waals surface area contributed by atoms with Gasteiger partial charge < -0.3 is 9.32 Å². The predicted octanol–water partition coefficient (Wildman–Crippen LogP) is 16.8. The number of aryl methyl sites for hydroxylation is 1. The summed E-state index contributed by atoms with van der Waals surface area (Å²) in [6, 6.07) is 81.1. The van der Waals surface area contributed by atoms with Gasteiger partial charge in [0.1, 0.15) is 11.2 Å². The van der Waals surface area contributed by atoms with Crippen molar-refractivity contribution in [2.75, 3.05) is 4.90 Å². The number of nitrogens with zero attached hydrogens (tertiary/aromatic N) is 1. The zero-order valence-corrected chi connectivity index (χ0v) is 35.1. The van der Waals surface area contributed by atoms with Gasteiger partial charge in [0, 0.05) is 27.8 Å². The molecular formula is C62H39NO. The van der Waals surface area contributed by atoms with Crippen LogP contribution in [0.15, 0.2) is 223 Å². The van der Waals surface area contributed by atoms with Crippen molar-refractivity contribution in [1.29, 1.82) is 0 Å². The highest BCUT2D eigenvalue weighted by atomic mass is 16.3. The Bertz CT molecular complexity index is 3850. The molecule has 1 heterocycles. The number of furan rings is 1. The Hall–Kier alpha value is -8.20. The summed E-state index contributed by atoms with van der Waals surface area (Å²) >= 11 is 0. The molecule has 0 aliphatic heterocycles. The van der Waals surface area contributed by atoms with E-state index in [1.165, 1.54) is 93.5 Å². The Morgan fingerprint density at radius 2 is 0.766 bits per heavy atom. The highest BCUT2D eigenvalue weighted by molar-refractivity contribution is 6.26. The van der Waals surface area contributed by atoms with E-state index in [0.29, 0.717) is 0 Å². The van der Waals surface area contributed by atoms with E-state index in [9.17, 15) is 0 Å². The molecule has 2 nitrogen and oxygen atoms in total. The zero-order chi connectivity index (χ0) is 42.1. The molecule has 298 valence electrons. The summed E-state index contributed by atoms with van der Waals surface area (Å²) in [4.78, 5) is 2.48. The standard InChI is InChI=1S/C62H39NO/c1-38-34-40(27-30-43(38)39-26-33-61-55(35-39)53-21-9-13-25-60(53)64-61)63(41-28-31-48-46-16-3-2-14-44(46)45-15-4-5-17-47(45)54(48)36-41)42-29-32-52-51-20-8-12-24-58(51)62(59(52)37-42)56-22-10-6-18-49(56)50-19-7-11-23-57(50)62/h2-37H,1H3. The summed E-state index contributed by atoms with van der Waals surface area (Å²) in [6.07, 6.45) is 0. The van der Waals surface area contributed by atoms with E-state index in [2.05, 4.69) is 218 Å². The van der Waals surface area contributed by atoms with Gasteiger partial charge >= 0.3 is 0 Å². The van der Waals surface area contributed by atoms with E-state index in [4.69, 9.17) is 4.42 Å². The van der Waals surface area contributed by atoms with Crippen LogP contribution < -0.4 is 4.90 Å². The van der Waals surface area contributed by atoms with E-state index in [0.717, 1.165) is 39.0 Å². The van der Waals surface area contributed by atoms with Crippen molar-refractivity contribution in [2.24, 2.45) is 0 Å². The van der Waals surface area contributed by atoms with Gasteiger partial charge in [-0.3, -0.25) is 0 Å². The largest absolute Gasteiger partial charge is 0.456 e. The second-order valence-corrected chi connectivity index (χ2v) is 17.6. The van der Waals surface area contributed by atoms with Crippen molar-refractivity contribution in [2.45, 2.75) is 12.3 Å². The lowest BCUT2D eigenvalue weighted by Crippen LogP contribution is -2.26. The van der Waals surface area contributed by atoms with Crippen molar-refractivity contribution in [3.8, 4) is 33.4 Å². The fraction of sp³-hybridized carbons (Fsp3) is 0.0323. The SMILES string of the molecule is Cc1cc(N(c2ccc3c(c2)C2(c4ccccc4-c4ccccc42)c2ccccc2-3)c2ccc3c4ccccc4c4ccccc4c3c2)ccc1-c1ccc2oc3ccccc3c2c1. The molecule has 0 radical (unpaired) electrons. The number of benzene rings is 11. The Morgan fingerprint density at radius 3 is 1.39 bits per heavy atom. The molecule has 14 rings (SSSR count). The lowest BCUT2D eigenvalue weighted by molar-refractivity contribution is 0.669. The van der Waals surface area contributed by atoms with Crippen LogP contribution in [0.25, 0.3) is 87.6 Å². The second kappa shape index (κ2) is 13.2. The number of hydrogen-bond donors (Lipinski definition) is 0. The molecular weight excluding hydrogens is 775 g/mol. The normalized spacial score (nSPS) is 13.2. The molecule has 2 heteroatoms. The molecule has 1 spiro atoms. The van der Waals surface area contributed by atoms with Crippen LogP contribution in [-0.2, 0) is 5.41 Å². The minimum absolute atomic E-state index is 0.449. The average Bonchev–Trinajstić information content (AvgIpc) is 3.98. The fourth-order valence-corrected chi connectivity index (χ4v) is 11.7. The van der Waals surface area contributed by atoms with E-state index < -0.39 is 5.41 Å². The van der Waals surface area contributed by atoms with E-state index >= 15 is 0 Å². The third kappa shape index (κ3) is 4.74. The first-order valence-corrected chi connectivity index (χ1v) is 22.2. The smallest absolute Gasteiger partial charge is 0.135 e. The predicted molar refractivity (Wildman–Crippen MR) is 267 cm³/mol. The van der Waals surface area contributed by atoms with Gasteiger partial charge in [0.15, 0.2) is 0 Å². The Kier molecular flexibility index (Phi) is 7.28. The topological polar surface area (TPSA) is 16.4 Å². The first-order chi connectivity index (χ1) is 31.6. The molecule has 0 atom stereocenters. The van der Waals surface area contributed by atoms with Gasteiger partial charge in [-0.05, 0) is 155 Å². The van der Waals surface area contributed by atoms with Gasteiger partial charge in [0.2, 0.25) is 0 Å². The first kappa shape index (κ1) is 35.4. The minimum atomic E-state index is -0.449. The van der Waals surface area contributed by atoms with Crippen LogP contribution >= 0.6 is 0 Å². The van der Waals surface area contributed by atoms with Gasteiger partial charge in [0.05, 0.1) is 5.41 Å². The molecule has 0 N–H and O–H groups in total. The quantitative estimate of drug-likeness (QED) is 0.165. The van der Waals surface area contributed by atoms with Crippen LogP contribution in [0.2, 0.25) is 0 Å².